The van der Waals surface area contributed by atoms with Crippen molar-refractivity contribution in [2.45, 2.75) is 44.3 Å². The highest BCUT2D eigenvalue weighted by Crippen LogP contribution is 2.24. The number of rotatable bonds is 8. The van der Waals surface area contributed by atoms with E-state index in [9.17, 15) is 9.59 Å². The maximum atomic E-state index is 11.7. The zero-order chi connectivity index (χ0) is 14.3. The lowest BCUT2D eigenvalue weighted by Crippen LogP contribution is -2.26. The van der Waals surface area contributed by atoms with Crippen molar-refractivity contribution in [1.82, 2.24) is 4.90 Å². The summed E-state index contributed by atoms with van der Waals surface area (Å²) in [4.78, 5) is 28.5. The monoisotopic (exact) mass is 285 g/mol. The molecule has 0 radical (unpaired) electrons. The zero-order valence-electron chi connectivity index (χ0n) is 11.7. The fourth-order valence-corrected chi connectivity index (χ4v) is 2.95. The molecule has 1 fully saturated rings. The van der Waals surface area contributed by atoms with Crippen molar-refractivity contribution >= 4 is 29.4 Å². The molecule has 0 aromatic rings. The number of hydrogen-bond donors (Lipinski definition) is 1. The Morgan fingerprint density at radius 2 is 2.21 bits per heavy atom. The Morgan fingerprint density at radius 3 is 2.79 bits per heavy atom. The highest BCUT2D eigenvalue weighted by atomic mass is 32.2. The first-order valence-electron chi connectivity index (χ1n) is 6.77. The molecule has 1 aliphatic rings. The van der Waals surface area contributed by atoms with Crippen molar-refractivity contribution in [1.29, 1.82) is 0 Å². The first-order valence-corrected chi connectivity index (χ1v) is 7.82. The average molecular weight is 285 g/mol. The smallest absolute Gasteiger partial charge is 0.242 e. The molecule has 1 saturated heterocycles. The van der Waals surface area contributed by atoms with Crippen LogP contribution < -0.4 is 5.73 Å². The van der Waals surface area contributed by atoms with E-state index >= 15 is 0 Å². The Hall–Kier alpha value is -1.04. The molecule has 1 unspecified atom stereocenters. The Bertz CT molecular complexity index is 358. The summed E-state index contributed by atoms with van der Waals surface area (Å²) in [6, 6.07) is 0. The number of nitrogens with two attached hydrogens (primary N) is 1. The maximum absolute atomic E-state index is 11.7. The zero-order valence-corrected chi connectivity index (χ0v) is 12.5. The summed E-state index contributed by atoms with van der Waals surface area (Å²) in [5.41, 5.74) is 5.79. The Balaban J connectivity index is 2.16. The van der Waals surface area contributed by atoms with Crippen LogP contribution in [0.3, 0.4) is 0 Å². The van der Waals surface area contributed by atoms with Crippen molar-refractivity contribution in [2.24, 2.45) is 10.7 Å². The molecule has 108 valence electrons. The van der Waals surface area contributed by atoms with E-state index in [4.69, 9.17) is 5.73 Å². The third-order valence-corrected chi connectivity index (χ3v) is 4.36. The third kappa shape index (κ3) is 5.22. The second-order valence-electron chi connectivity index (χ2n) is 4.68. The summed E-state index contributed by atoms with van der Waals surface area (Å²) in [6.45, 7) is 2.93. The molecule has 0 aromatic heterocycles. The summed E-state index contributed by atoms with van der Waals surface area (Å²) in [6.07, 6.45) is 4.19. The van der Waals surface area contributed by atoms with Gasteiger partial charge in [0.1, 0.15) is 0 Å². The van der Waals surface area contributed by atoms with Crippen LogP contribution in [0.5, 0.6) is 0 Å². The molecule has 2 N–H and O–H groups in total. The molecule has 1 aliphatic heterocycles. The number of hydrogen-bond acceptors (Lipinski definition) is 4. The summed E-state index contributed by atoms with van der Waals surface area (Å²) in [5, 5.41) is -0.198. The van der Waals surface area contributed by atoms with Gasteiger partial charge in [0.2, 0.25) is 11.8 Å². The van der Waals surface area contributed by atoms with Crippen molar-refractivity contribution in [3.63, 3.8) is 0 Å². The molecule has 1 rings (SSSR count). The third-order valence-electron chi connectivity index (χ3n) is 3.06. The standard InChI is InChI=1S/C13H23N3O2S/c1-3-4-7-15-11(14)6-5-8-19-10-9-12(17)16(2)13(10)18/h10H,3-9H2,1-2H3,(H2,14,15). The second-order valence-corrected chi connectivity index (χ2v) is 6.00. The average Bonchev–Trinajstić information content (AvgIpc) is 2.63. The van der Waals surface area contributed by atoms with Gasteiger partial charge in [-0.25, -0.2) is 0 Å². The lowest BCUT2D eigenvalue weighted by atomic mass is 10.3. The van der Waals surface area contributed by atoms with E-state index in [0.29, 0.717) is 12.3 Å². The molecular formula is C13H23N3O2S. The van der Waals surface area contributed by atoms with E-state index < -0.39 is 0 Å². The van der Waals surface area contributed by atoms with Crippen molar-refractivity contribution in [3.05, 3.63) is 0 Å². The van der Waals surface area contributed by atoms with Gasteiger partial charge in [0.05, 0.1) is 11.1 Å². The minimum Gasteiger partial charge on any atom is -0.387 e. The fraction of sp³-hybridized carbons (Fsp3) is 0.769. The van der Waals surface area contributed by atoms with Gasteiger partial charge in [-0.15, -0.1) is 11.8 Å². The molecule has 6 heteroatoms. The fourth-order valence-electron chi connectivity index (χ4n) is 1.79. The number of nitrogens with zero attached hydrogens (tertiary/aromatic N) is 2. The number of thioether (sulfide) groups is 1. The Kier molecular flexibility index (Phi) is 6.91. The number of amides is 2. The molecule has 1 heterocycles. The Labute approximate surface area is 119 Å². The summed E-state index contributed by atoms with van der Waals surface area (Å²) in [7, 11) is 1.55. The number of likely N-dealkylation sites (tertiary alicyclic amines) is 1. The molecule has 2 amide bonds. The summed E-state index contributed by atoms with van der Waals surface area (Å²) >= 11 is 1.55. The number of aliphatic imine (C=N–C) groups is 1. The predicted molar refractivity (Wildman–Crippen MR) is 79.3 cm³/mol. The number of imide groups is 1. The molecular weight excluding hydrogens is 262 g/mol. The maximum Gasteiger partial charge on any atom is 0.242 e. The first kappa shape index (κ1) is 16.0. The quantitative estimate of drug-likeness (QED) is 0.317. The lowest BCUT2D eigenvalue weighted by Gasteiger charge is -2.08. The van der Waals surface area contributed by atoms with E-state index in [2.05, 4.69) is 11.9 Å². The van der Waals surface area contributed by atoms with Crippen LogP contribution in [-0.4, -0.2) is 47.1 Å². The predicted octanol–water partition coefficient (Wildman–Crippen LogP) is 1.41. The van der Waals surface area contributed by atoms with Gasteiger partial charge in [-0.1, -0.05) is 13.3 Å². The van der Waals surface area contributed by atoms with Crippen LogP contribution in [0.1, 0.15) is 39.0 Å². The van der Waals surface area contributed by atoms with Gasteiger partial charge < -0.3 is 5.73 Å². The van der Waals surface area contributed by atoms with Crippen LogP contribution in [0.15, 0.2) is 4.99 Å². The molecule has 0 aliphatic carbocycles. The highest BCUT2D eigenvalue weighted by molar-refractivity contribution is 8.00. The SMILES string of the molecule is CCCCN=C(N)CCCSC1CC(=O)N(C)C1=O. The van der Waals surface area contributed by atoms with Crippen LogP contribution in [0.2, 0.25) is 0 Å². The highest BCUT2D eigenvalue weighted by Gasteiger charge is 2.35. The van der Waals surface area contributed by atoms with Gasteiger partial charge in [0, 0.05) is 26.4 Å². The van der Waals surface area contributed by atoms with Crippen molar-refractivity contribution in [3.8, 4) is 0 Å². The first-order chi connectivity index (χ1) is 9.06. The van der Waals surface area contributed by atoms with Crippen LogP contribution in [0.4, 0.5) is 0 Å². The summed E-state index contributed by atoms with van der Waals surface area (Å²) < 4.78 is 0. The molecule has 0 aromatic carbocycles. The van der Waals surface area contributed by atoms with Gasteiger partial charge in [0.15, 0.2) is 0 Å². The van der Waals surface area contributed by atoms with Gasteiger partial charge >= 0.3 is 0 Å². The van der Waals surface area contributed by atoms with Crippen LogP contribution in [0.25, 0.3) is 0 Å². The van der Waals surface area contributed by atoms with Gasteiger partial charge in [-0.2, -0.15) is 0 Å². The van der Waals surface area contributed by atoms with Crippen molar-refractivity contribution < 1.29 is 9.59 Å². The minimum absolute atomic E-state index is 0.0698. The van der Waals surface area contributed by atoms with E-state index in [1.807, 2.05) is 0 Å². The van der Waals surface area contributed by atoms with Gasteiger partial charge in [-0.05, 0) is 18.6 Å². The molecule has 0 spiro atoms. The number of unbranched alkanes of at least 4 members (excludes halogenated alkanes) is 1. The van der Waals surface area contributed by atoms with Crippen molar-refractivity contribution in [2.75, 3.05) is 19.3 Å². The van der Waals surface area contributed by atoms with E-state index in [1.54, 1.807) is 18.8 Å². The van der Waals surface area contributed by atoms with Gasteiger partial charge in [0.25, 0.3) is 0 Å². The number of amidine groups is 1. The Morgan fingerprint density at radius 1 is 1.47 bits per heavy atom. The van der Waals surface area contributed by atoms with Crippen LogP contribution >= 0.6 is 11.8 Å². The number of carbonyl (C=O) groups is 2. The van der Waals surface area contributed by atoms with E-state index in [0.717, 1.165) is 38.0 Å². The molecule has 1 atom stereocenters. The van der Waals surface area contributed by atoms with Gasteiger partial charge in [-0.3, -0.25) is 19.5 Å². The molecule has 0 saturated carbocycles. The van der Waals surface area contributed by atoms with E-state index in [1.165, 1.54) is 4.90 Å². The summed E-state index contributed by atoms with van der Waals surface area (Å²) in [5.74, 6) is 1.38. The second kappa shape index (κ2) is 8.19. The molecule has 0 bridgehead atoms. The molecule has 5 nitrogen and oxygen atoms in total. The lowest BCUT2D eigenvalue weighted by molar-refractivity contribution is -0.136. The molecule has 19 heavy (non-hydrogen) atoms. The van der Waals surface area contributed by atoms with E-state index in [-0.39, 0.29) is 17.1 Å². The topological polar surface area (TPSA) is 75.8 Å². The number of carbonyl (C=O) groups excluding carboxylic acids is 2. The minimum atomic E-state index is -0.198. The largest absolute Gasteiger partial charge is 0.387 e. The van der Waals surface area contributed by atoms with Crippen LogP contribution in [0, 0.1) is 0 Å². The van der Waals surface area contributed by atoms with Crippen LogP contribution in [-0.2, 0) is 9.59 Å². The normalized spacial score (nSPS) is 20.4.